The van der Waals surface area contributed by atoms with Crippen molar-refractivity contribution in [1.29, 1.82) is 0 Å². The molecule has 1 aliphatic heterocycles. The van der Waals surface area contributed by atoms with Gasteiger partial charge in [0.15, 0.2) is 0 Å². The second kappa shape index (κ2) is 3.99. The van der Waals surface area contributed by atoms with Crippen LogP contribution in [0.25, 0.3) is 5.53 Å². The number of rotatable bonds is 3. The Morgan fingerprint density at radius 1 is 1.83 bits per heavy atom. The van der Waals surface area contributed by atoms with E-state index in [0.717, 1.165) is 6.42 Å². The molecule has 1 unspecified atom stereocenters. The van der Waals surface area contributed by atoms with Gasteiger partial charge in [0.25, 0.3) is 0 Å². The molecule has 0 spiro atoms. The average Bonchev–Trinajstić information content (AvgIpc) is 2.43. The normalized spacial score (nSPS) is 22.2. The first-order valence-electron chi connectivity index (χ1n) is 3.91. The molecule has 1 amide bonds. The number of hydrogen-bond acceptors (Lipinski definition) is 2. The molecule has 0 bridgehead atoms. The maximum Gasteiger partial charge on any atom is 0.360 e. The van der Waals surface area contributed by atoms with Crippen molar-refractivity contribution < 1.29 is 14.3 Å². The second-order valence-electron chi connectivity index (χ2n) is 2.58. The molecule has 12 heavy (non-hydrogen) atoms. The predicted molar refractivity (Wildman–Crippen MR) is 41.4 cm³/mol. The van der Waals surface area contributed by atoms with Crippen LogP contribution < -0.4 is 5.32 Å². The van der Waals surface area contributed by atoms with E-state index in [-0.39, 0.29) is 17.8 Å². The average molecular weight is 169 g/mol. The monoisotopic (exact) mass is 169 g/mol. The molecule has 0 radical (unpaired) electrons. The molecule has 1 N–H and O–H groups in total. The van der Waals surface area contributed by atoms with Gasteiger partial charge in [-0.2, -0.15) is 4.79 Å². The lowest BCUT2D eigenvalue weighted by Crippen LogP contribution is -2.28. The summed E-state index contributed by atoms with van der Waals surface area (Å²) in [5.74, 6) is -0.349. The summed E-state index contributed by atoms with van der Waals surface area (Å²) in [7, 11) is 0. The number of nitrogens with one attached hydrogen (secondary N) is 1. The van der Waals surface area contributed by atoms with E-state index in [9.17, 15) is 4.79 Å². The van der Waals surface area contributed by atoms with Gasteiger partial charge in [-0.15, -0.1) is 0 Å². The van der Waals surface area contributed by atoms with Crippen molar-refractivity contribution >= 4 is 11.6 Å². The van der Waals surface area contributed by atoms with Crippen LogP contribution in [0.1, 0.15) is 19.8 Å². The summed E-state index contributed by atoms with van der Waals surface area (Å²) in [5.41, 5.74) is 8.49. The Morgan fingerprint density at radius 3 is 3.08 bits per heavy atom. The Morgan fingerprint density at radius 2 is 2.58 bits per heavy atom. The van der Waals surface area contributed by atoms with Gasteiger partial charge in [0.05, 0.1) is 0 Å². The van der Waals surface area contributed by atoms with Crippen LogP contribution in [0.5, 0.6) is 0 Å². The second-order valence-corrected chi connectivity index (χ2v) is 2.58. The molecule has 1 saturated heterocycles. The topological polar surface area (TPSA) is 74.7 Å². The number of nitrogens with zero attached hydrogens (tertiary/aromatic N) is 2. The summed E-state index contributed by atoms with van der Waals surface area (Å²) in [5, 5.41) is 2.54. The van der Waals surface area contributed by atoms with Gasteiger partial charge in [0.2, 0.25) is 0 Å². The van der Waals surface area contributed by atoms with Crippen LogP contribution in [-0.4, -0.2) is 29.2 Å². The van der Waals surface area contributed by atoms with Crippen LogP contribution in [0.2, 0.25) is 0 Å². The molecule has 0 aromatic heterocycles. The van der Waals surface area contributed by atoms with Crippen molar-refractivity contribution in [2.24, 2.45) is 0 Å². The molecule has 1 fully saturated rings. The van der Waals surface area contributed by atoms with Crippen LogP contribution in [0, 0.1) is 0 Å². The highest BCUT2D eigenvalue weighted by molar-refractivity contribution is 6.38. The minimum absolute atomic E-state index is 0.135. The lowest BCUT2D eigenvalue weighted by molar-refractivity contribution is -0.119. The summed E-state index contributed by atoms with van der Waals surface area (Å²) in [6.45, 7) is 2.58. The molecular formula is C7H11N3O2. The van der Waals surface area contributed by atoms with Gasteiger partial charge in [0.1, 0.15) is 12.6 Å². The van der Waals surface area contributed by atoms with Gasteiger partial charge in [-0.3, -0.25) is 4.79 Å². The summed E-state index contributed by atoms with van der Waals surface area (Å²) < 4.78 is 5.23. The van der Waals surface area contributed by atoms with Gasteiger partial charge in [-0.25, -0.2) is 0 Å². The summed E-state index contributed by atoms with van der Waals surface area (Å²) in [4.78, 5) is 13.7. The Hall–Kier alpha value is -1.19. The van der Waals surface area contributed by atoms with E-state index in [2.05, 4.69) is 10.1 Å². The van der Waals surface area contributed by atoms with Crippen LogP contribution in [0.3, 0.4) is 0 Å². The first kappa shape index (κ1) is 8.90. The molecule has 1 atom stereocenters. The Balaban J connectivity index is 2.44. The molecule has 1 heterocycles. The minimum atomic E-state index is -0.349. The SMILES string of the molecule is CCCOC1CC(=[N+]=[N-])C(=O)N1. The maximum atomic E-state index is 10.9. The minimum Gasteiger partial charge on any atom is -0.361 e. The van der Waals surface area contributed by atoms with Gasteiger partial charge >= 0.3 is 11.6 Å². The fraction of sp³-hybridized carbons (Fsp3) is 0.714. The first-order chi connectivity index (χ1) is 5.77. The highest BCUT2D eigenvalue weighted by atomic mass is 16.5. The third-order valence-corrected chi connectivity index (χ3v) is 1.58. The molecule has 66 valence electrons. The van der Waals surface area contributed by atoms with E-state index < -0.39 is 0 Å². The molecule has 0 aliphatic carbocycles. The fourth-order valence-corrected chi connectivity index (χ4v) is 0.996. The van der Waals surface area contributed by atoms with E-state index in [1.165, 1.54) is 0 Å². The van der Waals surface area contributed by atoms with E-state index in [1.807, 2.05) is 6.92 Å². The van der Waals surface area contributed by atoms with Crippen molar-refractivity contribution in [3.63, 3.8) is 0 Å². The highest BCUT2D eigenvalue weighted by Gasteiger charge is 2.34. The molecule has 0 aromatic rings. The standard InChI is InChI=1S/C7H11N3O2/c1-2-3-12-6-4-5(10-8)7(11)9-6/h6H,2-4H2,1H3,(H,9,11). The zero-order valence-corrected chi connectivity index (χ0v) is 6.91. The van der Waals surface area contributed by atoms with Gasteiger partial charge < -0.3 is 15.6 Å². The number of amides is 1. The van der Waals surface area contributed by atoms with E-state index >= 15 is 0 Å². The van der Waals surface area contributed by atoms with Crippen molar-refractivity contribution in [3.05, 3.63) is 5.53 Å². The highest BCUT2D eigenvalue weighted by Crippen LogP contribution is 2.04. The summed E-state index contributed by atoms with van der Waals surface area (Å²) >= 11 is 0. The van der Waals surface area contributed by atoms with E-state index in [4.69, 9.17) is 10.3 Å². The van der Waals surface area contributed by atoms with Crippen molar-refractivity contribution in [2.75, 3.05) is 6.61 Å². The lowest BCUT2D eigenvalue weighted by atomic mass is 10.3. The predicted octanol–water partition coefficient (Wildman–Crippen LogP) is -0.0702. The van der Waals surface area contributed by atoms with Crippen LogP contribution in [0.4, 0.5) is 0 Å². The van der Waals surface area contributed by atoms with Crippen molar-refractivity contribution in [3.8, 4) is 0 Å². The Labute approximate surface area is 70.3 Å². The molecule has 5 heteroatoms. The summed E-state index contributed by atoms with van der Waals surface area (Å²) in [6, 6.07) is 0. The fourth-order valence-electron chi connectivity index (χ4n) is 0.996. The molecule has 0 aromatic carbocycles. The van der Waals surface area contributed by atoms with Crippen LogP contribution in [-0.2, 0) is 9.53 Å². The largest absolute Gasteiger partial charge is 0.361 e. The smallest absolute Gasteiger partial charge is 0.360 e. The van der Waals surface area contributed by atoms with E-state index in [0.29, 0.717) is 13.0 Å². The van der Waals surface area contributed by atoms with Crippen LogP contribution >= 0.6 is 0 Å². The quantitative estimate of drug-likeness (QED) is 0.474. The van der Waals surface area contributed by atoms with E-state index in [1.54, 1.807) is 0 Å². The van der Waals surface area contributed by atoms with Gasteiger partial charge in [0, 0.05) is 6.61 Å². The van der Waals surface area contributed by atoms with Crippen molar-refractivity contribution in [1.82, 2.24) is 5.32 Å². The molecule has 5 nitrogen and oxygen atoms in total. The third kappa shape index (κ3) is 1.90. The zero-order valence-electron chi connectivity index (χ0n) is 6.91. The maximum absolute atomic E-state index is 10.9. The number of ether oxygens (including phenoxy) is 1. The molecule has 0 saturated carbocycles. The first-order valence-corrected chi connectivity index (χ1v) is 3.91. The van der Waals surface area contributed by atoms with Gasteiger partial charge in [-0.05, 0) is 6.42 Å². The Kier molecular flexibility index (Phi) is 2.96. The summed E-state index contributed by atoms with van der Waals surface area (Å²) in [6.07, 6.45) is 0.927. The molecule has 1 rings (SSSR count). The third-order valence-electron chi connectivity index (χ3n) is 1.58. The molecular weight excluding hydrogens is 158 g/mol. The number of hydrogen-bond donors (Lipinski definition) is 1. The van der Waals surface area contributed by atoms with Crippen LogP contribution in [0.15, 0.2) is 0 Å². The molecule has 1 aliphatic rings. The Bertz CT molecular complexity index is 233. The number of carbonyl (C=O) groups excluding carboxylic acids is 1. The number of carbonyl (C=O) groups is 1. The van der Waals surface area contributed by atoms with Gasteiger partial charge in [-0.1, -0.05) is 6.92 Å². The lowest BCUT2D eigenvalue weighted by Gasteiger charge is -2.07. The zero-order chi connectivity index (χ0) is 8.97. The van der Waals surface area contributed by atoms with Crippen molar-refractivity contribution in [2.45, 2.75) is 26.0 Å².